The number of hydrogen-bond donors (Lipinski definition) is 3. The fraction of sp³-hybridized carbons (Fsp3) is 0.750. The highest BCUT2D eigenvalue weighted by Crippen LogP contribution is 2.59. The maximum atomic E-state index is 12.1. The maximum Gasteiger partial charge on any atom is 0.303 e. The number of carbonyl (C=O) groups is 2. The van der Waals surface area contributed by atoms with Crippen molar-refractivity contribution < 1.29 is 34.4 Å². The fourth-order valence-electron chi connectivity index (χ4n) is 6.41. The number of esters is 2. The van der Waals surface area contributed by atoms with Gasteiger partial charge in [-0.2, -0.15) is 0 Å². The van der Waals surface area contributed by atoms with Gasteiger partial charge in [0.15, 0.2) is 6.10 Å². The van der Waals surface area contributed by atoms with Gasteiger partial charge in [0.25, 0.3) is 0 Å². The maximum absolute atomic E-state index is 12.1. The van der Waals surface area contributed by atoms with Gasteiger partial charge in [0, 0.05) is 19.3 Å². The van der Waals surface area contributed by atoms with Gasteiger partial charge in [-0.25, -0.2) is 0 Å². The average molecular weight is 437 g/mol. The molecule has 3 aliphatic rings. The van der Waals surface area contributed by atoms with Crippen LogP contribution in [0.4, 0.5) is 0 Å². The molecule has 3 rings (SSSR count). The first kappa shape index (κ1) is 24.0. The van der Waals surface area contributed by atoms with Gasteiger partial charge in [0.2, 0.25) is 0 Å². The molecule has 0 amide bonds. The molecule has 0 aromatic heterocycles. The summed E-state index contributed by atoms with van der Waals surface area (Å²) >= 11 is 0. The summed E-state index contributed by atoms with van der Waals surface area (Å²) in [5, 5.41) is 33.5. The van der Waals surface area contributed by atoms with Crippen LogP contribution in [0.25, 0.3) is 0 Å². The lowest BCUT2D eigenvalue weighted by molar-refractivity contribution is -0.175. The van der Waals surface area contributed by atoms with E-state index in [-0.39, 0.29) is 11.8 Å². The highest BCUT2D eigenvalue weighted by molar-refractivity contribution is 5.67. The molecule has 0 aromatic carbocycles. The summed E-state index contributed by atoms with van der Waals surface area (Å²) in [5.74, 6) is -1.72. The van der Waals surface area contributed by atoms with E-state index in [9.17, 15) is 24.9 Å². The van der Waals surface area contributed by atoms with Crippen LogP contribution in [-0.2, 0) is 19.1 Å². The number of fused-ring (bicyclic) bond motifs is 3. The Morgan fingerprint density at radius 3 is 2.13 bits per heavy atom. The fourth-order valence-corrected chi connectivity index (χ4v) is 6.41. The molecule has 8 atom stereocenters. The predicted octanol–water partition coefficient (Wildman–Crippen LogP) is 2.28. The number of carbonyl (C=O) groups excluding carboxylic acids is 2. The number of hydrogen-bond acceptors (Lipinski definition) is 7. The Kier molecular flexibility index (Phi) is 6.19. The molecular weight excluding hydrogens is 400 g/mol. The number of aliphatic hydroxyl groups excluding tert-OH is 3. The van der Waals surface area contributed by atoms with Crippen LogP contribution in [0, 0.1) is 22.7 Å². The van der Waals surface area contributed by atoms with Gasteiger partial charge < -0.3 is 24.8 Å². The molecule has 0 saturated heterocycles. The van der Waals surface area contributed by atoms with Crippen molar-refractivity contribution in [3.05, 3.63) is 23.3 Å². The summed E-state index contributed by atoms with van der Waals surface area (Å²) < 4.78 is 11.2. The van der Waals surface area contributed by atoms with Crippen LogP contribution in [0.2, 0.25) is 0 Å². The van der Waals surface area contributed by atoms with Crippen LogP contribution in [0.15, 0.2) is 23.3 Å². The van der Waals surface area contributed by atoms with Crippen LogP contribution in [0.1, 0.15) is 60.8 Å². The minimum atomic E-state index is -1.05. The van der Waals surface area contributed by atoms with E-state index in [0.29, 0.717) is 36.0 Å². The zero-order valence-corrected chi connectivity index (χ0v) is 19.3. The summed E-state index contributed by atoms with van der Waals surface area (Å²) in [5.41, 5.74) is 0.547. The third-order valence-electron chi connectivity index (χ3n) is 8.15. The van der Waals surface area contributed by atoms with Gasteiger partial charge >= 0.3 is 11.9 Å². The Morgan fingerprint density at radius 2 is 1.58 bits per heavy atom. The van der Waals surface area contributed by atoms with E-state index in [0.717, 1.165) is 0 Å². The predicted molar refractivity (Wildman–Crippen MR) is 114 cm³/mol. The van der Waals surface area contributed by atoms with Gasteiger partial charge in [-0.15, -0.1) is 0 Å². The first-order valence-corrected chi connectivity index (χ1v) is 11.0. The summed E-state index contributed by atoms with van der Waals surface area (Å²) in [7, 11) is 0. The number of aliphatic hydroxyl groups is 3. The molecule has 0 aliphatic heterocycles. The van der Waals surface area contributed by atoms with Crippen LogP contribution in [-0.4, -0.2) is 57.8 Å². The molecule has 2 fully saturated rings. The number of ether oxygens (including phenoxy) is 2. The van der Waals surface area contributed by atoms with Gasteiger partial charge in [0.1, 0.15) is 12.2 Å². The molecule has 174 valence electrons. The van der Waals surface area contributed by atoms with E-state index < -0.39 is 53.3 Å². The quantitative estimate of drug-likeness (QED) is 0.450. The van der Waals surface area contributed by atoms with Crippen LogP contribution in [0.5, 0.6) is 0 Å². The minimum absolute atomic E-state index is 0.304. The van der Waals surface area contributed by atoms with Crippen molar-refractivity contribution in [2.45, 2.75) is 91.3 Å². The van der Waals surface area contributed by atoms with E-state index >= 15 is 0 Å². The second-order valence-electron chi connectivity index (χ2n) is 10.3. The summed E-state index contributed by atoms with van der Waals surface area (Å²) in [6.45, 7) is 14.3. The number of rotatable bonds is 2. The molecule has 3 N–H and O–H groups in total. The molecule has 0 aromatic rings. The third kappa shape index (κ3) is 3.74. The Labute approximate surface area is 184 Å². The van der Waals surface area contributed by atoms with Gasteiger partial charge in [-0.1, -0.05) is 27.4 Å². The van der Waals surface area contributed by atoms with E-state index in [4.69, 9.17) is 9.47 Å². The van der Waals surface area contributed by atoms with Gasteiger partial charge in [-0.3, -0.25) is 9.59 Å². The summed E-state index contributed by atoms with van der Waals surface area (Å²) in [6, 6.07) is 0. The van der Waals surface area contributed by atoms with Crippen molar-refractivity contribution in [2.75, 3.05) is 0 Å². The largest absolute Gasteiger partial charge is 0.455 e. The van der Waals surface area contributed by atoms with Crippen molar-refractivity contribution in [1.82, 2.24) is 0 Å². The molecule has 0 unspecified atom stereocenters. The first-order valence-electron chi connectivity index (χ1n) is 11.0. The summed E-state index contributed by atoms with van der Waals surface area (Å²) in [6.07, 6.45) is -3.14. The molecule has 2 saturated carbocycles. The van der Waals surface area contributed by atoms with Crippen LogP contribution < -0.4 is 0 Å². The van der Waals surface area contributed by atoms with Crippen LogP contribution in [0.3, 0.4) is 0 Å². The van der Waals surface area contributed by atoms with E-state index in [1.807, 2.05) is 20.8 Å². The highest BCUT2D eigenvalue weighted by Gasteiger charge is 2.60. The second kappa shape index (κ2) is 8.01. The standard InChI is InChI=1S/C24H36O7/c1-11-15-10-16-19(28)20(30-13(3)25)12(2)18(23(16,5)6)21(31-14(4)26)22(29)24(15,7)9-8-17(11)27/h15-17,19-22,27-29H,1,8-10H2,2-7H3/t15-,16-,17+,19-,20-,21-,22+,24-/m1/s1. The Morgan fingerprint density at radius 1 is 1.03 bits per heavy atom. The lowest BCUT2D eigenvalue weighted by Crippen LogP contribution is -2.61. The molecule has 0 radical (unpaired) electrons. The van der Waals surface area contributed by atoms with E-state index in [2.05, 4.69) is 6.58 Å². The second-order valence-corrected chi connectivity index (χ2v) is 10.3. The Balaban J connectivity index is 2.27. The first-order chi connectivity index (χ1) is 14.2. The SMILES string of the molecule is C=C1[C@H]2C[C@@H]3[C@@H](O)[C@H](OC(C)=O)C(C)=C([C@@H](OC(C)=O)[C@H](O)[C@]2(C)CC[C@@H]1O)C3(C)C. The molecule has 7 nitrogen and oxygen atoms in total. The Hall–Kier alpha value is -1.70. The smallest absolute Gasteiger partial charge is 0.303 e. The van der Waals surface area contributed by atoms with Crippen molar-refractivity contribution in [1.29, 1.82) is 0 Å². The van der Waals surface area contributed by atoms with E-state index in [1.165, 1.54) is 13.8 Å². The van der Waals surface area contributed by atoms with Crippen molar-refractivity contribution in [3.63, 3.8) is 0 Å². The monoisotopic (exact) mass is 436 g/mol. The van der Waals surface area contributed by atoms with Gasteiger partial charge in [0.05, 0.1) is 12.2 Å². The zero-order valence-electron chi connectivity index (χ0n) is 19.3. The molecule has 0 spiro atoms. The lowest BCUT2D eigenvalue weighted by atomic mass is 9.50. The molecular formula is C24H36O7. The summed E-state index contributed by atoms with van der Waals surface area (Å²) in [4.78, 5) is 23.9. The molecule has 3 aliphatic carbocycles. The topological polar surface area (TPSA) is 113 Å². The van der Waals surface area contributed by atoms with Gasteiger partial charge in [-0.05, 0) is 60.2 Å². The Bertz CT molecular complexity index is 813. The van der Waals surface area contributed by atoms with Crippen LogP contribution >= 0.6 is 0 Å². The van der Waals surface area contributed by atoms with Crippen molar-refractivity contribution in [3.8, 4) is 0 Å². The van der Waals surface area contributed by atoms with Crippen molar-refractivity contribution in [2.24, 2.45) is 22.7 Å². The molecule has 0 heterocycles. The highest BCUT2D eigenvalue weighted by atomic mass is 16.6. The minimum Gasteiger partial charge on any atom is -0.455 e. The molecule has 7 heteroatoms. The third-order valence-corrected chi connectivity index (χ3v) is 8.15. The van der Waals surface area contributed by atoms with E-state index in [1.54, 1.807) is 6.92 Å². The molecule has 2 bridgehead atoms. The molecule has 31 heavy (non-hydrogen) atoms. The average Bonchev–Trinajstić information content (AvgIpc) is 2.65. The lowest BCUT2D eigenvalue weighted by Gasteiger charge is -2.58. The zero-order chi connectivity index (χ0) is 23.5. The van der Waals surface area contributed by atoms with Crippen molar-refractivity contribution >= 4 is 11.9 Å². The normalized spacial score (nSPS) is 42.2.